The number of carbonyl (C=O) groups excluding carboxylic acids is 1. The highest BCUT2D eigenvalue weighted by atomic mass is 35.5. The summed E-state index contributed by atoms with van der Waals surface area (Å²) in [6, 6.07) is 0. The second-order valence-corrected chi connectivity index (χ2v) is 4.59. The zero-order valence-electron chi connectivity index (χ0n) is 8.97. The van der Waals surface area contributed by atoms with Crippen molar-refractivity contribution in [3.8, 4) is 0 Å². The summed E-state index contributed by atoms with van der Waals surface area (Å²) in [6.45, 7) is 4.18. The zero-order valence-corrected chi connectivity index (χ0v) is 9.72. The lowest BCUT2D eigenvalue weighted by atomic mass is 9.99. The molecule has 14 heavy (non-hydrogen) atoms. The van der Waals surface area contributed by atoms with Gasteiger partial charge in [-0.2, -0.15) is 0 Å². The Bertz CT molecular complexity index is 176. The molecule has 0 aromatic rings. The molecule has 1 rings (SSSR count). The Kier molecular flexibility index (Phi) is 5.31. The number of rotatable bonds is 4. The van der Waals surface area contributed by atoms with Crippen LogP contribution in [0.4, 0.5) is 0 Å². The Morgan fingerprint density at radius 2 is 2.00 bits per heavy atom. The van der Waals surface area contributed by atoms with E-state index in [1.807, 2.05) is 4.90 Å². The van der Waals surface area contributed by atoms with Crippen LogP contribution in [0.25, 0.3) is 0 Å². The smallest absolute Gasteiger partial charge is 0.222 e. The average molecular weight is 218 g/mol. The molecule has 1 aliphatic rings. The summed E-state index contributed by atoms with van der Waals surface area (Å²) >= 11 is 5.56. The SMILES string of the molecule is CC1CCN(C(=O)CCCCCl)CC1. The minimum absolute atomic E-state index is 0.321. The van der Waals surface area contributed by atoms with E-state index in [4.69, 9.17) is 11.6 Å². The number of hydrogen-bond donors (Lipinski definition) is 0. The third-order valence-corrected chi connectivity index (χ3v) is 3.18. The van der Waals surface area contributed by atoms with Crippen LogP contribution < -0.4 is 0 Å². The van der Waals surface area contributed by atoms with Gasteiger partial charge in [-0.3, -0.25) is 4.79 Å². The lowest BCUT2D eigenvalue weighted by molar-refractivity contribution is -0.132. The molecule has 0 unspecified atom stereocenters. The van der Waals surface area contributed by atoms with E-state index in [2.05, 4.69) is 6.92 Å². The van der Waals surface area contributed by atoms with Gasteiger partial charge in [-0.05, 0) is 31.6 Å². The number of halogens is 1. The Morgan fingerprint density at radius 1 is 1.36 bits per heavy atom. The summed E-state index contributed by atoms with van der Waals surface area (Å²) in [4.78, 5) is 13.7. The van der Waals surface area contributed by atoms with Gasteiger partial charge in [-0.25, -0.2) is 0 Å². The van der Waals surface area contributed by atoms with Crippen LogP contribution in [0.2, 0.25) is 0 Å². The first-order valence-corrected chi connectivity index (χ1v) is 6.11. The minimum atomic E-state index is 0.321. The van der Waals surface area contributed by atoms with E-state index in [0.717, 1.165) is 31.8 Å². The summed E-state index contributed by atoms with van der Waals surface area (Å²) in [6.07, 6.45) is 4.91. The zero-order chi connectivity index (χ0) is 10.4. The van der Waals surface area contributed by atoms with Gasteiger partial charge in [0.05, 0.1) is 0 Å². The molecule has 0 N–H and O–H groups in total. The molecule has 0 atom stereocenters. The number of hydrogen-bond acceptors (Lipinski definition) is 1. The highest BCUT2D eigenvalue weighted by molar-refractivity contribution is 6.17. The van der Waals surface area contributed by atoms with E-state index in [0.29, 0.717) is 18.2 Å². The highest BCUT2D eigenvalue weighted by Gasteiger charge is 2.19. The molecule has 0 saturated carbocycles. The van der Waals surface area contributed by atoms with Crippen LogP contribution in [0.1, 0.15) is 39.0 Å². The van der Waals surface area contributed by atoms with Crippen LogP contribution >= 0.6 is 11.6 Å². The molecule has 0 spiro atoms. The maximum absolute atomic E-state index is 11.7. The summed E-state index contributed by atoms with van der Waals surface area (Å²) < 4.78 is 0. The molecule has 0 radical (unpaired) electrons. The first-order chi connectivity index (χ1) is 6.74. The number of amides is 1. The fraction of sp³-hybridized carbons (Fsp3) is 0.909. The number of likely N-dealkylation sites (tertiary alicyclic amines) is 1. The van der Waals surface area contributed by atoms with Crippen LogP contribution in [0, 0.1) is 5.92 Å². The van der Waals surface area contributed by atoms with E-state index < -0.39 is 0 Å². The maximum atomic E-state index is 11.7. The lowest BCUT2D eigenvalue weighted by Crippen LogP contribution is -2.37. The van der Waals surface area contributed by atoms with Crippen molar-refractivity contribution in [2.45, 2.75) is 39.0 Å². The minimum Gasteiger partial charge on any atom is -0.343 e. The van der Waals surface area contributed by atoms with Gasteiger partial charge < -0.3 is 4.90 Å². The summed E-state index contributed by atoms with van der Waals surface area (Å²) in [5.74, 6) is 1.79. The molecule has 1 aliphatic heterocycles. The molecule has 0 aromatic carbocycles. The first kappa shape index (κ1) is 11.8. The largest absolute Gasteiger partial charge is 0.343 e. The normalized spacial score (nSPS) is 18.6. The quantitative estimate of drug-likeness (QED) is 0.524. The average Bonchev–Trinajstić information content (AvgIpc) is 2.19. The molecule has 1 heterocycles. The Hall–Kier alpha value is -0.240. The lowest BCUT2D eigenvalue weighted by Gasteiger charge is -2.30. The van der Waals surface area contributed by atoms with Crippen molar-refractivity contribution in [3.63, 3.8) is 0 Å². The van der Waals surface area contributed by atoms with Crippen molar-refractivity contribution >= 4 is 17.5 Å². The van der Waals surface area contributed by atoms with Gasteiger partial charge in [0.15, 0.2) is 0 Å². The van der Waals surface area contributed by atoms with E-state index in [1.165, 1.54) is 12.8 Å². The van der Waals surface area contributed by atoms with Crippen molar-refractivity contribution in [2.24, 2.45) is 5.92 Å². The van der Waals surface area contributed by atoms with Crippen molar-refractivity contribution < 1.29 is 4.79 Å². The molecular formula is C11H20ClNO. The standard InChI is InChI=1S/C11H20ClNO/c1-10-5-8-13(9-6-10)11(14)4-2-3-7-12/h10H,2-9H2,1H3. The number of nitrogens with zero attached hydrogens (tertiary/aromatic N) is 1. The van der Waals surface area contributed by atoms with Crippen LogP contribution in [0.5, 0.6) is 0 Å². The van der Waals surface area contributed by atoms with Crippen molar-refractivity contribution in [3.05, 3.63) is 0 Å². The van der Waals surface area contributed by atoms with E-state index in [9.17, 15) is 4.79 Å². The van der Waals surface area contributed by atoms with E-state index >= 15 is 0 Å². The monoisotopic (exact) mass is 217 g/mol. The van der Waals surface area contributed by atoms with Crippen molar-refractivity contribution in [1.82, 2.24) is 4.90 Å². The summed E-state index contributed by atoms with van der Waals surface area (Å²) in [5.41, 5.74) is 0. The Balaban J connectivity index is 2.17. The van der Waals surface area contributed by atoms with Gasteiger partial charge in [-0.15, -0.1) is 11.6 Å². The first-order valence-electron chi connectivity index (χ1n) is 5.57. The predicted molar refractivity (Wildman–Crippen MR) is 59.5 cm³/mol. The Morgan fingerprint density at radius 3 is 2.57 bits per heavy atom. The van der Waals surface area contributed by atoms with Crippen molar-refractivity contribution in [1.29, 1.82) is 0 Å². The van der Waals surface area contributed by atoms with Crippen LogP contribution in [-0.4, -0.2) is 29.8 Å². The fourth-order valence-electron chi connectivity index (χ4n) is 1.79. The topological polar surface area (TPSA) is 20.3 Å². The van der Waals surface area contributed by atoms with Crippen LogP contribution in [-0.2, 0) is 4.79 Å². The molecule has 82 valence electrons. The Labute approximate surface area is 91.6 Å². The predicted octanol–water partition coefficient (Wildman–Crippen LogP) is 2.65. The second kappa shape index (κ2) is 6.28. The summed E-state index contributed by atoms with van der Waals surface area (Å²) in [5, 5.41) is 0. The molecule has 1 amide bonds. The highest BCUT2D eigenvalue weighted by Crippen LogP contribution is 2.17. The van der Waals surface area contributed by atoms with Crippen LogP contribution in [0.3, 0.4) is 0 Å². The third kappa shape index (κ3) is 3.87. The number of alkyl halides is 1. The van der Waals surface area contributed by atoms with Crippen LogP contribution in [0.15, 0.2) is 0 Å². The van der Waals surface area contributed by atoms with Gasteiger partial charge in [0.2, 0.25) is 5.91 Å². The van der Waals surface area contributed by atoms with Gasteiger partial charge in [0, 0.05) is 25.4 Å². The number of carbonyl (C=O) groups is 1. The van der Waals surface area contributed by atoms with Gasteiger partial charge in [0.1, 0.15) is 0 Å². The fourth-order valence-corrected chi connectivity index (χ4v) is 1.98. The van der Waals surface area contributed by atoms with Gasteiger partial charge >= 0.3 is 0 Å². The van der Waals surface area contributed by atoms with Crippen molar-refractivity contribution in [2.75, 3.05) is 19.0 Å². The maximum Gasteiger partial charge on any atom is 0.222 e. The van der Waals surface area contributed by atoms with Gasteiger partial charge in [-0.1, -0.05) is 6.92 Å². The van der Waals surface area contributed by atoms with E-state index in [1.54, 1.807) is 0 Å². The molecule has 3 heteroatoms. The second-order valence-electron chi connectivity index (χ2n) is 4.21. The molecule has 1 saturated heterocycles. The number of unbranched alkanes of at least 4 members (excludes halogenated alkanes) is 1. The summed E-state index contributed by atoms with van der Waals surface area (Å²) in [7, 11) is 0. The number of piperidine rings is 1. The molecule has 0 bridgehead atoms. The molecule has 0 aliphatic carbocycles. The van der Waals surface area contributed by atoms with Gasteiger partial charge in [0.25, 0.3) is 0 Å². The molecule has 0 aromatic heterocycles. The van der Waals surface area contributed by atoms with E-state index in [-0.39, 0.29) is 0 Å². The molecule has 1 fully saturated rings. The molecule has 2 nitrogen and oxygen atoms in total. The molecular weight excluding hydrogens is 198 g/mol. The third-order valence-electron chi connectivity index (χ3n) is 2.91.